The molecule has 2 amide bonds. The van der Waals surface area contributed by atoms with Gasteiger partial charge in [-0.1, -0.05) is 6.07 Å². The van der Waals surface area contributed by atoms with Gasteiger partial charge in [0.1, 0.15) is 5.82 Å². The average molecular weight is 269 g/mol. The van der Waals surface area contributed by atoms with Crippen molar-refractivity contribution < 1.29 is 4.79 Å². The Hall–Kier alpha value is -2.55. The lowest BCUT2D eigenvalue weighted by Crippen LogP contribution is -2.26. The lowest BCUT2D eigenvalue weighted by Gasteiger charge is -2.17. The molecule has 1 atom stereocenters. The molecule has 2 aromatic rings. The van der Waals surface area contributed by atoms with Crippen molar-refractivity contribution in [3.63, 3.8) is 0 Å². The predicted molar refractivity (Wildman–Crippen MR) is 73.7 cm³/mol. The van der Waals surface area contributed by atoms with E-state index in [1.807, 2.05) is 42.9 Å². The zero-order valence-corrected chi connectivity index (χ0v) is 11.7. The third kappa shape index (κ3) is 1.63. The maximum absolute atomic E-state index is 11.9. The van der Waals surface area contributed by atoms with Crippen LogP contribution >= 0.6 is 0 Å². The summed E-state index contributed by atoms with van der Waals surface area (Å²) < 4.78 is 2.03. The molecule has 102 valence electrons. The van der Waals surface area contributed by atoms with Gasteiger partial charge in [-0.05, 0) is 24.6 Å². The number of fused-ring (bicyclic) bond motifs is 1. The van der Waals surface area contributed by atoms with Crippen molar-refractivity contribution in [2.75, 3.05) is 13.6 Å². The van der Waals surface area contributed by atoms with Crippen LogP contribution in [-0.2, 0) is 7.05 Å². The van der Waals surface area contributed by atoms with Gasteiger partial charge in [0.2, 0.25) is 0 Å². The molecule has 0 aliphatic carbocycles. The molecule has 1 aromatic carbocycles. The number of carbonyl (C=O) groups excluding carboxylic acids is 1. The molecule has 0 radical (unpaired) electrons. The lowest BCUT2D eigenvalue weighted by atomic mass is 10.1. The number of aryl methyl sites for hydroxylation is 2. The van der Waals surface area contributed by atoms with Gasteiger partial charge in [-0.2, -0.15) is 5.26 Å². The second-order valence-electron chi connectivity index (χ2n) is 5.09. The molecule has 3 rings (SSSR count). The molecular formula is C14H15N5O. The fourth-order valence-electron chi connectivity index (χ4n) is 2.65. The SMILES string of the molecule is Cc1nc2cc(C3CN(C#N)C(=O)N3C)ccc2n1C. The van der Waals surface area contributed by atoms with Crippen molar-refractivity contribution >= 4 is 17.1 Å². The molecule has 1 unspecified atom stereocenters. The zero-order chi connectivity index (χ0) is 14.4. The second kappa shape index (κ2) is 4.23. The number of carbonyl (C=O) groups is 1. The maximum atomic E-state index is 11.9. The van der Waals surface area contributed by atoms with Crippen molar-refractivity contribution in [2.45, 2.75) is 13.0 Å². The van der Waals surface area contributed by atoms with Crippen LogP contribution in [0.15, 0.2) is 18.2 Å². The number of imidazole rings is 1. The minimum Gasteiger partial charge on any atom is -0.331 e. The number of hydrogen-bond donors (Lipinski definition) is 0. The summed E-state index contributed by atoms with van der Waals surface area (Å²) in [6, 6.07) is 5.65. The van der Waals surface area contributed by atoms with Crippen molar-refractivity contribution in [3.05, 3.63) is 29.6 Å². The van der Waals surface area contributed by atoms with E-state index < -0.39 is 0 Å². The Balaban J connectivity index is 2.03. The van der Waals surface area contributed by atoms with E-state index in [-0.39, 0.29) is 12.1 Å². The van der Waals surface area contributed by atoms with E-state index in [2.05, 4.69) is 4.98 Å². The molecule has 1 aliphatic heterocycles. The van der Waals surface area contributed by atoms with Crippen molar-refractivity contribution in [1.29, 1.82) is 5.26 Å². The molecule has 0 bridgehead atoms. The van der Waals surface area contributed by atoms with Gasteiger partial charge in [-0.3, -0.25) is 0 Å². The highest BCUT2D eigenvalue weighted by Crippen LogP contribution is 2.29. The fraction of sp³-hybridized carbons (Fsp3) is 0.357. The highest BCUT2D eigenvalue weighted by molar-refractivity contribution is 5.80. The third-order valence-corrected chi connectivity index (χ3v) is 3.99. The second-order valence-corrected chi connectivity index (χ2v) is 5.09. The first-order valence-corrected chi connectivity index (χ1v) is 6.40. The van der Waals surface area contributed by atoms with E-state index in [1.165, 1.54) is 4.90 Å². The first kappa shape index (κ1) is 12.5. The van der Waals surface area contributed by atoms with Gasteiger partial charge in [0.15, 0.2) is 6.19 Å². The number of likely N-dealkylation sites (N-methyl/N-ethyl adjacent to an activating group) is 1. The van der Waals surface area contributed by atoms with E-state index >= 15 is 0 Å². The van der Waals surface area contributed by atoms with Crippen LogP contribution in [0.4, 0.5) is 4.79 Å². The van der Waals surface area contributed by atoms with Crippen LogP contribution in [0.25, 0.3) is 11.0 Å². The zero-order valence-electron chi connectivity index (χ0n) is 11.7. The monoisotopic (exact) mass is 269 g/mol. The first-order valence-electron chi connectivity index (χ1n) is 6.40. The Labute approximate surface area is 116 Å². The third-order valence-electron chi connectivity index (χ3n) is 3.99. The molecule has 0 saturated carbocycles. The van der Waals surface area contributed by atoms with Gasteiger partial charge in [-0.15, -0.1) is 0 Å². The van der Waals surface area contributed by atoms with Gasteiger partial charge >= 0.3 is 6.03 Å². The average Bonchev–Trinajstić information content (AvgIpc) is 2.89. The van der Waals surface area contributed by atoms with Gasteiger partial charge in [0.05, 0.1) is 23.6 Å². The highest BCUT2D eigenvalue weighted by atomic mass is 16.2. The summed E-state index contributed by atoms with van der Waals surface area (Å²) in [6.45, 7) is 2.35. The number of aromatic nitrogens is 2. The molecule has 1 aromatic heterocycles. The Morgan fingerprint density at radius 2 is 2.15 bits per heavy atom. The van der Waals surface area contributed by atoms with Gasteiger partial charge in [0.25, 0.3) is 0 Å². The minimum atomic E-state index is -0.255. The largest absolute Gasteiger partial charge is 0.333 e. The lowest BCUT2D eigenvalue weighted by molar-refractivity contribution is 0.205. The first-order chi connectivity index (χ1) is 9.52. The van der Waals surface area contributed by atoms with Crippen LogP contribution in [0.3, 0.4) is 0 Å². The quantitative estimate of drug-likeness (QED) is 0.741. The van der Waals surface area contributed by atoms with Crippen LogP contribution in [0.5, 0.6) is 0 Å². The molecule has 6 nitrogen and oxygen atoms in total. The van der Waals surface area contributed by atoms with Gasteiger partial charge < -0.3 is 9.47 Å². The normalized spacial score (nSPS) is 18.9. The van der Waals surface area contributed by atoms with E-state index in [0.29, 0.717) is 6.54 Å². The smallest absolute Gasteiger partial charge is 0.331 e. The van der Waals surface area contributed by atoms with Crippen molar-refractivity contribution in [3.8, 4) is 6.19 Å². The summed E-state index contributed by atoms with van der Waals surface area (Å²) >= 11 is 0. The molecular weight excluding hydrogens is 254 g/mol. The number of hydrogen-bond acceptors (Lipinski definition) is 3. The summed E-state index contributed by atoms with van der Waals surface area (Å²) in [5, 5.41) is 8.94. The number of amides is 2. The Morgan fingerprint density at radius 1 is 1.40 bits per heavy atom. The Morgan fingerprint density at radius 3 is 2.80 bits per heavy atom. The van der Waals surface area contributed by atoms with Crippen molar-refractivity contribution in [2.24, 2.45) is 7.05 Å². The van der Waals surface area contributed by atoms with E-state index in [1.54, 1.807) is 11.9 Å². The number of rotatable bonds is 1. The number of nitrogens with zero attached hydrogens (tertiary/aromatic N) is 5. The summed E-state index contributed by atoms with van der Waals surface area (Å²) in [4.78, 5) is 19.1. The Bertz CT molecular complexity index is 742. The van der Waals surface area contributed by atoms with Crippen LogP contribution in [0, 0.1) is 18.4 Å². The summed E-state index contributed by atoms with van der Waals surface area (Å²) in [7, 11) is 3.70. The minimum absolute atomic E-state index is 0.103. The number of nitriles is 1. The highest BCUT2D eigenvalue weighted by Gasteiger charge is 2.35. The molecule has 6 heteroatoms. The molecule has 2 heterocycles. The standard InChI is InChI=1S/C14H15N5O/c1-9-16-11-6-10(4-5-12(11)17(9)2)13-7-19(8-15)14(20)18(13)3/h4-6,13H,7H2,1-3H3. The fourth-order valence-corrected chi connectivity index (χ4v) is 2.65. The predicted octanol–water partition coefficient (Wildman–Crippen LogP) is 1.77. The van der Waals surface area contributed by atoms with Gasteiger partial charge in [-0.25, -0.2) is 14.7 Å². The summed E-state index contributed by atoms with van der Waals surface area (Å²) in [5.74, 6) is 0.951. The number of benzene rings is 1. The molecule has 1 aliphatic rings. The number of urea groups is 1. The van der Waals surface area contributed by atoms with Crippen LogP contribution < -0.4 is 0 Å². The molecule has 0 spiro atoms. The van der Waals surface area contributed by atoms with E-state index in [4.69, 9.17) is 5.26 Å². The van der Waals surface area contributed by atoms with Crippen LogP contribution in [0.1, 0.15) is 17.4 Å². The van der Waals surface area contributed by atoms with Crippen LogP contribution in [-0.4, -0.2) is 39.0 Å². The van der Waals surface area contributed by atoms with E-state index in [0.717, 1.165) is 22.4 Å². The Kier molecular flexibility index (Phi) is 2.64. The topological polar surface area (TPSA) is 65.2 Å². The van der Waals surface area contributed by atoms with E-state index in [9.17, 15) is 4.79 Å². The summed E-state index contributed by atoms with van der Waals surface area (Å²) in [6.07, 6.45) is 1.92. The molecule has 1 saturated heterocycles. The van der Waals surface area contributed by atoms with Crippen molar-refractivity contribution in [1.82, 2.24) is 19.4 Å². The molecule has 1 fully saturated rings. The maximum Gasteiger partial charge on any atom is 0.333 e. The molecule has 0 N–H and O–H groups in total. The van der Waals surface area contributed by atoms with Gasteiger partial charge in [0, 0.05) is 14.1 Å². The van der Waals surface area contributed by atoms with Crippen LogP contribution in [0.2, 0.25) is 0 Å². The molecule has 20 heavy (non-hydrogen) atoms. The summed E-state index contributed by atoms with van der Waals surface area (Å²) in [5.41, 5.74) is 2.98.